The molecule has 0 unspecified atom stereocenters. The van der Waals surface area contributed by atoms with Gasteiger partial charge in [-0.15, -0.1) is 0 Å². The Labute approximate surface area is 110 Å². The van der Waals surface area contributed by atoms with E-state index in [0.29, 0.717) is 0 Å². The smallest absolute Gasteiger partial charge is 0.0331 e. The standard InChI is InChI=1S/C15H25N3/c1-2-18(15(13-16)8-3-4-9-15)11-7-14-6-5-10-17-12-14/h5-6,10,12H,2-4,7-9,11,13,16H2,1H3. The van der Waals surface area contributed by atoms with Crippen molar-refractivity contribution in [2.24, 2.45) is 5.73 Å². The number of likely N-dealkylation sites (N-methyl/N-ethyl adjacent to an activating group) is 1. The van der Waals surface area contributed by atoms with Gasteiger partial charge in [-0.3, -0.25) is 9.88 Å². The van der Waals surface area contributed by atoms with Crippen LogP contribution in [0, 0.1) is 0 Å². The molecular formula is C15H25N3. The summed E-state index contributed by atoms with van der Waals surface area (Å²) in [7, 11) is 0. The first kappa shape index (κ1) is 13.5. The van der Waals surface area contributed by atoms with E-state index in [9.17, 15) is 0 Å². The molecule has 0 amide bonds. The van der Waals surface area contributed by atoms with Crippen LogP contribution in [0.5, 0.6) is 0 Å². The van der Waals surface area contributed by atoms with Crippen LogP contribution < -0.4 is 5.73 Å². The summed E-state index contributed by atoms with van der Waals surface area (Å²) in [5.41, 5.74) is 7.66. The molecule has 3 nitrogen and oxygen atoms in total. The number of nitrogens with zero attached hydrogens (tertiary/aromatic N) is 2. The van der Waals surface area contributed by atoms with Crippen LogP contribution >= 0.6 is 0 Å². The number of hydrogen-bond donors (Lipinski definition) is 1. The summed E-state index contributed by atoms with van der Waals surface area (Å²) in [5.74, 6) is 0. The number of aromatic nitrogens is 1. The highest BCUT2D eigenvalue weighted by Crippen LogP contribution is 2.34. The van der Waals surface area contributed by atoms with Gasteiger partial charge in [-0.2, -0.15) is 0 Å². The van der Waals surface area contributed by atoms with Gasteiger partial charge < -0.3 is 5.73 Å². The maximum atomic E-state index is 6.06. The molecule has 1 aliphatic carbocycles. The number of hydrogen-bond acceptors (Lipinski definition) is 3. The zero-order chi connectivity index (χ0) is 12.8. The molecule has 1 heterocycles. The first-order valence-corrected chi connectivity index (χ1v) is 7.15. The van der Waals surface area contributed by atoms with Gasteiger partial charge in [0.15, 0.2) is 0 Å². The summed E-state index contributed by atoms with van der Waals surface area (Å²) >= 11 is 0. The van der Waals surface area contributed by atoms with Crippen LogP contribution in [0.2, 0.25) is 0 Å². The minimum absolute atomic E-state index is 0.275. The lowest BCUT2D eigenvalue weighted by Gasteiger charge is -2.40. The van der Waals surface area contributed by atoms with E-state index >= 15 is 0 Å². The van der Waals surface area contributed by atoms with Crippen molar-refractivity contribution in [3.8, 4) is 0 Å². The highest BCUT2D eigenvalue weighted by Gasteiger charge is 2.37. The largest absolute Gasteiger partial charge is 0.329 e. The average molecular weight is 247 g/mol. The lowest BCUT2D eigenvalue weighted by Crippen LogP contribution is -2.52. The van der Waals surface area contributed by atoms with Gasteiger partial charge in [-0.25, -0.2) is 0 Å². The molecule has 0 aromatic carbocycles. The molecule has 18 heavy (non-hydrogen) atoms. The fourth-order valence-electron chi connectivity index (χ4n) is 3.22. The Balaban J connectivity index is 1.96. The molecule has 0 atom stereocenters. The van der Waals surface area contributed by atoms with Crippen molar-refractivity contribution >= 4 is 0 Å². The molecule has 100 valence electrons. The molecule has 1 fully saturated rings. The molecule has 1 saturated carbocycles. The van der Waals surface area contributed by atoms with Crippen LogP contribution in [-0.2, 0) is 6.42 Å². The predicted molar refractivity (Wildman–Crippen MR) is 75.4 cm³/mol. The Morgan fingerprint density at radius 2 is 2.17 bits per heavy atom. The molecule has 2 N–H and O–H groups in total. The third-order valence-electron chi connectivity index (χ3n) is 4.36. The SMILES string of the molecule is CCN(CCc1cccnc1)C1(CN)CCCC1. The van der Waals surface area contributed by atoms with E-state index in [1.54, 1.807) is 0 Å². The zero-order valence-corrected chi connectivity index (χ0v) is 11.4. The molecule has 0 radical (unpaired) electrons. The molecule has 3 heteroatoms. The van der Waals surface area contributed by atoms with Crippen LogP contribution in [0.1, 0.15) is 38.2 Å². The lowest BCUT2D eigenvalue weighted by molar-refractivity contribution is 0.107. The zero-order valence-electron chi connectivity index (χ0n) is 11.4. The first-order chi connectivity index (χ1) is 8.80. The molecule has 1 aromatic heterocycles. The van der Waals surface area contributed by atoms with Gasteiger partial charge in [-0.1, -0.05) is 25.8 Å². The van der Waals surface area contributed by atoms with Crippen molar-refractivity contribution in [1.29, 1.82) is 0 Å². The second-order valence-electron chi connectivity index (χ2n) is 5.33. The van der Waals surface area contributed by atoms with E-state index in [1.165, 1.54) is 31.2 Å². The van der Waals surface area contributed by atoms with Crippen LogP contribution in [-0.4, -0.2) is 35.1 Å². The third kappa shape index (κ3) is 2.90. The molecule has 1 aliphatic rings. The van der Waals surface area contributed by atoms with Gasteiger partial charge in [0.05, 0.1) is 0 Å². The highest BCUT2D eigenvalue weighted by molar-refractivity contribution is 5.09. The van der Waals surface area contributed by atoms with E-state index in [2.05, 4.69) is 22.9 Å². The first-order valence-electron chi connectivity index (χ1n) is 7.15. The Hall–Kier alpha value is -0.930. The maximum Gasteiger partial charge on any atom is 0.0331 e. The summed E-state index contributed by atoms with van der Waals surface area (Å²) in [5, 5.41) is 0. The summed E-state index contributed by atoms with van der Waals surface area (Å²) in [6, 6.07) is 4.17. The quantitative estimate of drug-likeness (QED) is 0.838. The number of pyridine rings is 1. The van der Waals surface area contributed by atoms with Gasteiger partial charge in [0.25, 0.3) is 0 Å². The van der Waals surface area contributed by atoms with Crippen LogP contribution in [0.25, 0.3) is 0 Å². The molecule has 0 aliphatic heterocycles. The normalized spacial score (nSPS) is 18.4. The summed E-state index contributed by atoms with van der Waals surface area (Å²) in [6.07, 6.45) is 10.1. The van der Waals surface area contributed by atoms with E-state index in [4.69, 9.17) is 5.73 Å². The van der Waals surface area contributed by atoms with Crippen molar-refractivity contribution in [3.63, 3.8) is 0 Å². The molecule has 1 aromatic rings. The number of rotatable bonds is 6. The monoisotopic (exact) mass is 247 g/mol. The van der Waals surface area contributed by atoms with E-state index in [0.717, 1.165) is 26.1 Å². The summed E-state index contributed by atoms with van der Waals surface area (Å²) in [4.78, 5) is 6.77. The Morgan fingerprint density at radius 3 is 2.72 bits per heavy atom. The Morgan fingerprint density at radius 1 is 1.39 bits per heavy atom. The van der Waals surface area contributed by atoms with E-state index in [1.807, 2.05) is 18.5 Å². The minimum Gasteiger partial charge on any atom is -0.329 e. The molecule has 0 saturated heterocycles. The van der Waals surface area contributed by atoms with Crippen molar-refractivity contribution in [2.45, 2.75) is 44.6 Å². The molecule has 0 bridgehead atoms. The van der Waals surface area contributed by atoms with Gasteiger partial charge in [0, 0.05) is 31.0 Å². The Bertz CT molecular complexity index is 344. The van der Waals surface area contributed by atoms with Crippen molar-refractivity contribution in [3.05, 3.63) is 30.1 Å². The van der Waals surface area contributed by atoms with Gasteiger partial charge in [0.2, 0.25) is 0 Å². The Kier molecular flexibility index (Phi) is 4.72. The summed E-state index contributed by atoms with van der Waals surface area (Å²) < 4.78 is 0. The van der Waals surface area contributed by atoms with Crippen LogP contribution in [0.4, 0.5) is 0 Å². The van der Waals surface area contributed by atoms with E-state index < -0.39 is 0 Å². The van der Waals surface area contributed by atoms with Crippen LogP contribution in [0.3, 0.4) is 0 Å². The van der Waals surface area contributed by atoms with E-state index in [-0.39, 0.29) is 5.54 Å². The second kappa shape index (κ2) is 6.30. The van der Waals surface area contributed by atoms with Crippen LogP contribution in [0.15, 0.2) is 24.5 Å². The van der Waals surface area contributed by atoms with Gasteiger partial charge in [0.1, 0.15) is 0 Å². The van der Waals surface area contributed by atoms with Crippen molar-refractivity contribution < 1.29 is 0 Å². The second-order valence-corrected chi connectivity index (χ2v) is 5.33. The minimum atomic E-state index is 0.275. The van der Waals surface area contributed by atoms with Gasteiger partial charge >= 0.3 is 0 Å². The lowest BCUT2D eigenvalue weighted by atomic mass is 9.94. The van der Waals surface area contributed by atoms with Gasteiger partial charge in [-0.05, 0) is 37.4 Å². The predicted octanol–water partition coefficient (Wildman–Crippen LogP) is 2.22. The third-order valence-corrected chi connectivity index (χ3v) is 4.36. The molecule has 2 rings (SSSR count). The summed E-state index contributed by atoms with van der Waals surface area (Å²) in [6.45, 7) is 5.24. The fraction of sp³-hybridized carbons (Fsp3) is 0.667. The highest BCUT2D eigenvalue weighted by atomic mass is 15.2. The topological polar surface area (TPSA) is 42.2 Å². The molecular weight excluding hydrogens is 222 g/mol. The van der Waals surface area contributed by atoms with Crippen molar-refractivity contribution in [2.75, 3.05) is 19.6 Å². The van der Waals surface area contributed by atoms with Crippen molar-refractivity contribution in [1.82, 2.24) is 9.88 Å². The maximum absolute atomic E-state index is 6.06. The number of nitrogens with two attached hydrogens (primary N) is 1. The average Bonchev–Trinajstić information content (AvgIpc) is 2.91. The molecule has 0 spiro atoms. The fourth-order valence-corrected chi connectivity index (χ4v) is 3.22.